The van der Waals surface area contributed by atoms with Gasteiger partial charge in [0.1, 0.15) is 6.10 Å². The van der Waals surface area contributed by atoms with E-state index in [0.29, 0.717) is 13.0 Å². The average Bonchev–Trinajstić information content (AvgIpc) is 2.10. The highest BCUT2D eigenvalue weighted by Crippen LogP contribution is 2.22. The van der Waals surface area contributed by atoms with Crippen molar-refractivity contribution < 1.29 is 19.3 Å². The summed E-state index contributed by atoms with van der Waals surface area (Å²) in [6.07, 6.45) is -0.448. The molecule has 1 N–H and O–H groups in total. The van der Waals surface area contributed by atoms with E-state index in [2.05, 4.69) is 0 Å². The van der Waals surface area contributed by atoms with Gasteiger partial charge >= 0.3 is 0 Å². The Morgan fingerprint density at radius 2 is 2.15 bits per heavy atom. The molecule has 0 aromatic rings. The summed E-state index contributed by atoms with van der Waals surface area (Å²) in [6.45, 7) is 4.36. The molecule has 3 unspecified atom stereocenters. The fraction of sp³-hybridized carbons (Fsp3) is 1.00. The molecular weight excluding hydrogens is 172 g/mol. The molecule has 0 amide bonds. The molecule has 0 aliphatic carbocycles. The number of hydrogen-bond acceptors (Lipinski definition) is 4. The van der Waals surface area contributed by atoms with E-state index in [1.165, 1.54) is 0 Å². The average molecular weight is 190 g/mol. The van der Waals surface area contributed by atoms with E-state index in [1.807, 2.05) is 13.8 Å². The first-order chi connectivity index (χ1) is 6.19. The van der Waals surface area contributed by atoms with Gasteiger partial charge < -0.3 is 19.3 Å². The van der Waals surface area contributed by atoms with Crippen molar-refractivity contribution >= 4 is 0 Å². The third-order valence-electron chi connectivity index (χ3n) is 2.34. The first-order valence-corrected chi connectivity index (χ1v) is 4.67. The van der Waals surface area contributed by atoms with E-state index in [9.17, 15) is 5.11 Å². The third-order valence-corrected chi connectivity index (χ3v) is 2.34. The van der Waals surface area contributed by atoms with Crippen molar-refractivity contribution in [3.8, 4) is 0 Å². The normalized spacial score (nSPS) is 40.6. The van der Waals surface area contributed by atoms with Crippen molar-refractivity contribution in [1.82, 2.24) is 0 Å². The predicted molar refractivity (Wildman–Crippen MR) is 47.4 cm³/mol. The molecule has 13 heavy (non-hydrogen) atoms. The predicted octanol–water partition coefficient (Wildman–Crippen LogP) is 0.534. The van der Waals surface area contributed by atoms with E-state index in [0.717, 1.165) is 0 Å². The quantitative estimate of drug-likeness (QED) is 0.705. The molecule has 1 fully saturated rings. The molecule has 4 heteroatoms. The molecule has 1 heterocycles. The van der Waals surface area contributed by atoms with Crippen molar-refractivity contribution in [2.45, 2.75) is 44.9 Å². The fourth-order valence-electron chi connectivity index (χ4n) is 1.58. The van der Waals surface area contributed by atoms with Gasteiger partial charge in [0.05, 0.1) is 12.2 Å². The van der Waals surface area contributed by atoms with Crippen LogP contribution in [0, 0.1) is 0 Å². The summed E-state index contributed by atoms with van der Waals surface area (Å²) in [4.78, 5) is 0. The monoisotopic (exact) mass is 190 g/mol. The van der Waals surface area contributed by atoms with Gasteiger partial charge in [0.25, 0.3) is 0 Å². The molecule has 0 aromatic carbocycles. The zero-order chi connectivity index (χ0) is 9.84. The van der Waals surface area contributed by atoms with Crippen LogP contribution >= 0.6 is 0 Å². The van der Waals surface area contributed by atoms with Gasteiger partial charge in [-0.3, -0.25) is 0 Å². The Kier molecular flexibility index (Phi) is 4.12. The minimum Gasteiger partial charge on any atom is -0.379 e. The van der Waals surface area contributed by atoms with E-state index in [-0.39, 0.29) is 18.3 Å². The zero-order valence-electron chi connectivity index (χ0n) is 8.40. The van der Waals surface area contributed by atoms with E-state index < -0.39 is 6.29 Å². The van der Waals surface area contributed by atoms with Gasteiger partial charge in [-0.25, -0.2) is 0 Å². The van der Waals surface area contributed by atoms with Crippen LogP contribution in [-0.2, 0) is 14.2 Å². The van der Waals surface area contributed by atoms with Gasteiger partial charge in [0.2, 0.25) is 0 Å². The Balaban J connectivity index is 2.48. The molecule has 1 saturated heterocycles. The molecule has 1 aliphatic heterocycles. The van der Waals surface area contributed by atoms with Gasteiger partial charge in [-0.05, 0) is 13.8 Å². The maximum Gasteiger partial charge on any atom is 0.181 e. The summed E-state index contributed by atoms with van der Waals surface area (Å²) in [5, 5.41) is 9.48. The second-order valence-corrected chi connectivity index (χ2v) is 3.24. The molecule has 4 nitrogen and oxygen atoms in total. The van der Waals surface area contributed by atoms with Crippen molar-refractivity contribution in [3.63, 3.8) is 0 Å². The fourth-order valence-corrected chi connectivity index (χ4v) is 1.58. The third kappa shape index (κ3) is 2.64. The van der Waals surface area contributed by atoms with Crippen LogP contribution in [0.25, 0.3) is 0 Å². The number of rotatable bonds is 3. The first-order valence-electron chi connectivity index (χ1n) is 4.67. The van der Waals surface area contributed by atoms with Crippen molar-refractivity contribution in [1.29, 1.82) is 0 Å². The summed E-state index contributed by atoms with van der Waals surface area (Å²) in [5.41, 5.74) is 0. The Hall–Kier alpha value is -0.160. The molecule has 0 saturated carbocycles. The lowest BCUT2D eigenvalue weighted by Crippen LogP contribution is -2.47. The van der Waals surface area contributed by atoms with Crippen molar-refractivity contribution in [2.75, 3.05) is 13.7 Å². The number of ether oxygens (including phenoxy) is 3. The van der Waals surface area contributed by atoms with Crippen LogP contribution in [0.2, 0.25) is 0 Å². The second kappa shape index (κ2) is 4.91. The van der Waals surface area contributed by atoms with Crippen LogP contribution in [0.3, 0.4) is 0 Å². The van der Waals surface area contributed by atoms with Gasteiger partial charge in [-0.2, -0.15) is 0 Å². The molecular formula is C9H18O4. The molecule has 0 radical (unpaired) electrons. The highest BCUT2D eigenvalue weighted by molar-refractivity contribution is 4.79. The van der Waals surface area contributed by atoms with Crippen molar-refractivity contribution in [3.05, 3.63) is 0 Å². The minimum atomic E-state index is -0.818. The van der Waals surface area contributed by atoms with Crippen LogP contribution in [0.5, 0.6) is 0 Å². The summed E-state index contributed by atoms with van der Waals surface area (Å²) in [5.74, 6) is 0. The molecule has 1 rings (SSSR count). The molecule has 0 spiro atoms. The number of methoxy groups -OCH3 is 1. The highest BCUT2D eigenvalue weighted by atomic mass is 16.7. The number of aliphatic hydroxyl groups is 1. The van der Waals surface area contributed by atoms with Gasteiger partial charge in [-0.1, -0.05) is 0 Å². The highest BCUT2D eigenvalue weighted by Gasteiger charge is 2.35. The summed E-state index contributed by atoms with van der Waals surface area (Å²) in [6, 6.07) is 0. The lowest BCUT2D eigenvalue weighted by atomic mass is 10.0. The van der Waals surface area contributed by atoms with Crippen LogP contribution in [0.1, 0.15) is 20.3 Å². The molecule has 1 aliphatic rings. The molecule has 78 valence electrons. The van der Waals surface area contributed by atoms with Crippen LogP contribution < -0.4 is 0 Å². The smallest absolute Gasteiger partial charge is 0.181 e. The van der Waals surface area contributed by atoms with Crippen LogP contribution in [-0.4, -0.2) is 43.4 Å². The molecule has 0 aromatic heterocycles. The number of aliphatic hydroxyl groups excluding tert-OH is 1. The largest absolute Gasteiger partial charge is 0.379 e. The summed E-state index contributed by atoms with van der Waals surface area (Å²) < 4.78 is 15.8. The van der Waals surface area contributed by atoms with E-state index >= 15 is 0 Å². The molecule has 4 atom stereocenters. The Labute approximate surface area is 78.8 Å². The van der Waals surface area contributed by atoms with Gasteiger partial charge in [0.15, 0.2) is 6.29 Å². The summed E-state index contributed by atoms with van der Waals surface area (Å²) in [7, 11) is 1.64. The van der Waals surface area contributed by atoms with Gasteiger partial charge in [0, 0.05) is 20.1 Å². The van der Waals surface area contributed by atoms with Crippen LogP contribution in [0.4, 0.5) is 0 Å². The lowest BCUT2D eigenvalue weighted by molar-refractivity contribution is -0.254. The Morgan fingerprint density at radius 1 is 1.46 bits per heavy atom. The zero-order valence-corrected chi connectivity index (χ0v) is 8.40. The second-order valence-electron chi connectivity index (χ2n) is 3.24. The topological polar surface area (TPSA) is 47.9 Å². The SMILES string of the molecule is CCOC1C[C@H](OC)C(C)OC1O. The van der Waals surface area contributed by atoms with Crippen LogP contribution in [0.15, 0.2) is 0 Å². The maximum atomic E-state index is 9.48. The standard InChI is InChI=1S/C9H18O4/c1-4-12-8-5-7(11-3)6(2)13-9(8)10/h6-10H,4-5H2,1-3H3/t6?,7-,8?,9?/m0/s1. The first kappa shape index (κ1) is 10.9. The minimum absolute atomic E-state index is 0.0138. The molecule has 0 bridgehead atoms. The lowest BCUT2D eigenvalue weighted by Gasteiger charge is -2.36. The van der Waals surface area contributed by atoms with Gasteiger partial charge in [-0.15, -0.1) is 0 Å². The van der Waals surface area contributed by atoms with E-state index in [4.69, 9.17) is 14.2 Å². The number of hydrogen-bond donors (Lipinski definition) is 1. The Bertz CT molecular complexity index is 151. The Morgan fingerprint density at radius 3 is 2.69 bits per heavy atom. The van der Waals surface area contributed by atoms with Crippen molar-refractivity contribution in [2.24, 2.45) is 0 Å². The van der Waals surface area contributed by atoms with E-state index in [1.54, 1.807) is 7.11 Å². The maximum absolute atomic E-state index is 9.48. The summed E-state index contributed by atoms with van der Waals surface area (Å²) >= 11 is 0.